The number of hydrogen-bond acceptors (Lipinski definition) is 4. The Bertz CT molecular complexity index is 1180. The minimum absolute atomic E-state index is 0.0738. The number of amidine groups is 2. The van der Waals surface area contributed by atoms with E-state index in [4.69, 9.17) is 5.41 Å². The van der Waals surface area contributed by atoms with E-state index in [1.54, 1.807) is 6.08 Å². The molecule has 1 aromatic carbocycles. The Morgan fingerprint density at radius 1 is 1.17 bits per heavy atom. The highest BCUT2D eigenvalue weighted by Gasteiger charge is 2.36. The number of hydrazone groups is 1. The third-order valence-electron chi connectivity index (χ3n) is 5.55. The van der Waals surface area contributed by atoms with Crippen molar-refractivity contribution >= 4 is 39.8 Å². The number of rotatable bonds is 3. The van der Waals surface area contributed by atoms with Crippen LogP contribution in [0.4, 0.5) is 0 Å². The van der Waals surface area contributed by atoms with Crippen LogP contribution < -0.4 is 0 Å². The number of amides is 1. The molecule has 0 atom stereocenters. The normalized spacial score (nSPS) is 17.7. The van der Waals surface area contributed by atoms with Crippen molar-refractivity contribution in [1.82, 2.24) is 9.58 Å². The number of thioether (sulfide) groups is 1. The van der Waals surface area contributed by atoms with Crippen LogP contribution in [0.2, 0.25) is 0 Å². The molecule has 2 aliphatic heterocycles. The first kappa shape index (κ1) is 20.3. The predicted molar refractivity (Wildman–Crippen MR) is 125 cm³/mol. The van der Waals surface area contributed by atoms with Crippen LogP contribution >= 0.6 is 11.8 Å². The van der Waals surface area contributed by atoms with Crippen LogP contribution in [-0.4, -0.2) is 31.5 Å². The first-order chi connectivity index (χ1) is 14.2. The van der Waals surface area contributed by atoms with E-state index in [0.29, 0.717) is 5.17 Å². The van der Waals surface area contributed by atoms with Gasteiger partial charge in [-0.25, -0.2) is 0 Å². The summed E-state index contributed by atoms with van der Waals surface area (Å²) in [6.07, 6.45) is 1.77. The average molecular weight is 420 g/mol. The highest BCUT2D eigenvalue weighted by atomic mass is 32.2. The summed E-state index contributed by atoms with van der Waals surface area (Å²) < 4.78 is 2.20. The largest absolute Gasteiger partial charge is 0.318 e. The van der Waals surface area contributed by atoms with Gasteiger partial charge in [-0.3, -0.25) is 10.2 Å². The van der Waals surface area contributed by atoms with Gasteiger partial charge in [0.2, 0.25) is 5.17 Å². The van der Waals surface area contributed by atoms with Crippen molar-refractivity contribution in [2.45, 2.75) is 41.5 Å². The molecule has 0 unspecified atom stereocenters. The molecule has 0 saturated carbocycles. The molecule has 6 nitrogen and oxygen atoms in total. The third kappa shape index (κ3) is 3.23. The van der Waals surface area contributed by atoms with Crippen LogP contribution in [0.5, 0.6) is 0 Å². The number of benzene rings is 1. The molecule has 7 heteroatoms. The lowest BCUT2D eigenvalue weighted by Gasteiger charge is -2.20. The molecule has 2 aliphatic rings. The molecule has 154 valence electrons. The molecule has 1 N–H and O–H groups in total. The fourth-order valence-corrected chi connectivity index (χ4v) is 4.57. The van der Waals surface area contributed by atoms with Crippen LogP contribution in [0.1, 0.15) is 41.9 Å². The molecular formula is C23H25N5OS. The molecule has 0 radical (unpaired) electrons. The lowest BCUT2D eigenvalue weighted by molar-refractivity contribution is -0.114. The van der Waals surface area contributed by atoms with E-state index < -0.39 is 5.91 Å². The highest BCUT2D eigenvalue weighted by Crippen LogP contribution is 2.32. The van der Waals surface area contributed by atoms with E-state index in [2.05, 4.69) is 53.6 Å². The third-order valence-corrected chi connectivity index (χ3v) is 6.76. The van der Waals surface area contributed by atoms with E-state index in [1.807, 2.05) is 26.8 Å². The topological polar surface area (TPSA) is 73.8 Å². The Morgan fingerprint density at radius 2 is 1.90 bits per heavy atom. The number of fused-ring (bicyclic) bond motifs is 1. The van der Waals surface area contributed by atoms with Crippen molar-refractivity contribution in [1.29, 1.82) is 5.41 Å². The van der Waals surface area contributed by atoms with E-state index in [0.717, 1.165) is 27.7 Å². The maximum atomic E-state index is 12.7. The second kappa shape index (κ2) is 7.40. The number of aromatic nitrogens is 1. The second-order valence-electron chi connectivity index (χ2n) is 7.99. The summed E-state index contributed by atoms with van der Waals surface area (Å²) in [7, 11) is 0. The number of carbonyl (C=O) groups is 1. The lowest BCUT2D eigenvalue weighted by Crippen LogP contribution is -2.35. The van der Waals surface area contributed by atoms with Crippen LogP contribution in [-0.2, 0) is 4.79 Å². The fourth-order valence-electron chi connectivity index (χ4n) is 3.68. The first-order valence-corrected chi connectivity index (χ1v) is 10.8. The number of aliphatic imine (C=N–C) groups is 1. The number of carbonyl (C=O) groups excluding carboxylic acids is 1. The van der Waals surface area contributed by atoms with Crippen molar-refractivity contribution in [3.05, 3.63) is 57.9 Å². The van der Waals surface area contributed by atoms with Gasteiger partial charge in [0.05, 0.1) is 5.57 Å². The Hall–Kier alpha value is -2.93. The maximum absolute atomic E-state index is 12.7. The zero-order chi connectivity index (χ0) is 21.7. The molecular weight excluding hydrogens is 394 g/mol. The summed E-state index contributed by atoms with van der Waals surface area (Å²) in [5.74, 6) is -0.102. The molecule has 0 aliphatic carbocycles. The van der Waals surface area contributed by atoms with Gasteiger partial charge in [-0.05, 0) is 74.4 Å². The van der Waals surface area contributed by atoms with Crippen LogP contribution in [0, 0.1) is 39.0 Å². The van der Waals surface area contributed by atoms with Gasteiger partial charge in [0.25, 0.3) is 5.91 Å². The minimum Gasteiger partial charge on any atom is -0.318 e. The molecule has 0 fully saturated rings. The van der Waals surface area contributed by atoms with Crippen molar-refractivity contribution in [2.24, 2.45) is 16.0 Å². The van der Waals surface area contributed by atoms with Gasteiger partial charge in [0.1, 0.15) is 5.04 Å². The van der Waals surface area contributed by atoms with E-state index in [1.165, 1.54) is 27.9 Å². The molecule has 1 aromatic heterocycles. The van der Waals surface area contributed by atoms with Gasteiger partial charge in [-0.2, -0.15) is 15.1 Å². The Balaban J connectivity index is 1.77. The Kier molecular flexibility index (Phi) is 5.02. The first-order valence-electron chi connectivity index (χ1n) is 9.94. The van der Waals surface area contributed by atoms with Crippen LogP contribution in [0.25, 0.3) is 11.8 Å². The minimum atomic E-state index is -0.393. The van der Waals surface area contributed by atoms with Crippen LogP contribution in [0.3, 0.4) is 0 Å². The summed E-state index contributed by atoms with van der Waals surface area (Å²) in [6.45, 7) is 12.4. The SMILES string of the molecule is Cc1cccc(-n2c(C)cc(/C=C3/C(=N)N4N=C(C(C)C)SC4=NC3=O)c2C)c1C. The van der Waals surface area contributed by atoms with Gasteiger partial charge in [0, 0.05) is 23.0 Å². The standard InChI is InChI=1S/C23H25N5OS/c1-12(2)22-26-28-20(24)18(21(29)25-23(28)30-22)11-17-10-14(4)27(16(17)6)19-9-7-8-13(3)15(19)5/h7-12,24H,1-6H3/b18-11-,24-20?. The fraction of sp³-hybridized carbons (Fsp3) is 0.304. The summed E-state index contributed by atoms with van der Waals surface area (Å²) in [4.78, 5) is 16.9. The number of nitrogens with one attached hydrogen (secondary N) is 1. The van der Waals surface area contributed by atoms with Crippen LogP contribution in [0.15, 0.2) is 39.9 Å². The zero-order valence-corrected chi connectivity index (χ0v) is 18.9. The highest BCUT2D eigenvalue weighted by molar-refractivity contribution is 8.27. The van der Waals surface area contributed by atoms with Gasteiger partial charge >= 0.3 is 0 Å². The average Bonchev–Trinajstić information content (AvgIpc) is 3.23. The van der Waals surface area contributed by atoms with Crippen molar-refractivity contribution in [3.8, 4) is 5.69 Å². The van der Waals surface area contributed by atoms with Gasteiger partial charge in [0.15, 0.2) is 5.84 Å². The Labute approximate surface area is 180 Å². The van der Waals surface area contributed by atoms with Gasteiger partial charge in [-0.1, -0.05) is 26.0 Å². The van der Waals surface area contributed by atoms with Crippen molar-refractivity contribution in [2.75, 3.05) is 0 Å². The summed E-state index contributed by atoms with van der Waals surface area (Å²) in [6, 6.07) is 8.31. The maximum Gasteiger partial charge on any atom is 0.283 e. The second-order valence-corrected chi connectivity index (χ2v) is 8.98. The predicted octanol–water partition coefficient (Wildman–Crippen LogP) is 4.99. The number of aryl methyl sites for hydroxylation is 2. The number of hydrogen-bond donors (Lipinski definition) is 1. The summed E-state index contributed by atoms with van der Waals surface area (Å²) in [5.41, 5.74) is 6.84. The van der Waals surface area contributed by atoms with Crippen molar-refractivity contribution < 1.29 is 4.79 Å². The molecule has 1 amide bonds. The molecule has 0 bridgehead atoms. The molecule has 0 saturated heterocycles. The van der Waals surface area contributed by atoms with E-state index in [9.17, 15) is 4.79 Å². The van der Waals surface area contributed by atoms with E-state index >= 15 is 0 Å². The summed E-state index contributed by atoms with van der Waals surface area (Å²) >= 11 is 1.36. The van der Waals surface area contributed by atoms with Gasteiger partial charge < -0.3 is 4.57 Å². The van der Waals surface area contributed by atoms with Crippen molar-refractivity contribution in [3.63, 3.8) is 0 Å². The lowest BCUT2D eigenvalue weighted by atomic mass is 10.1. The van der Waals surface area contributed by atoms with E-state index in [-0.39, 0.29) is 17.3 Å². The zero-order valence-electron chi connectivity index (χ0n) is 18.1. The molecule has 3 heterocycles. The smallest absolute Gasteiger partial charge is 0.283 e. The molecule has 30 heavy (non-hydrogen) atoms. The number of nitrogens with zero attached hydrogens (tertiary/aromatic N) is 4. The molecule has 0 spiro atoms. The molecule has 2 aromatic rings. The Morgan fingerprint density at radius 3 is 2.60 bits per heavy atom. The van der Waals surface area contributed by atoms with Gasteiger partial charge in [-0.15, -0.1) is 0 Å². The summed E-state index contributed by atoms with van der Waals surface area (Å²) in [5, 5.41) is 15.9. The molecule has 4 rings (SSSR count). The quantitative estimate of drug-likeness (QED) is 0.713. The monoisotopic (exact) mass is 419 g/mol.